The number of rotatable bonds is 3. The molecule has 7 nitrogen and oxygen atoms in total. The van der Waals surface area contributed by atoms with E-state index < -0.39 is 10.5 Å². The fourth-order valence-electron chi connectivity index (χ4n) is 1.70. The summed E-state index contributed by atoms with van der Waals surface area (Å²) in [6, 6.07) is 5.60. The van der Waals surface area contributed by atoms with Crippen LogP contribution in [0.15, 0.2) is 28.2 Å². The van der Waals surface area contributed by atoms with Crippen LogP contribution in [-0.2, 0) is 0 Å². The number of nitrogens with zero attached hydrogens (tertiary/aromatic N) is 3. The van der Waals surface area contributed by atoms with Crippen molar-refractivity contribution in [2.45, 2.75) is 5.16 Å². The van der Waals surface area contributed by atoms with Crippen LogP contribution in [0.5, 0.6) is 0 Å². The first-order valence-electron chi connectivity index (χ1n) is 5.50. The van der Waals surface area contributed by atoms with Crippen molar-refractivity contribution < 1.29 is 4.92 Å². The highest BCUT2D eigenvalue weighted by Gasteiger charge is 2.22. The highest BCUT2D eigenvalue weighted by atomic mass is 35.5. The van der Waals surface area contributed by atoms with Crippen molar-refractivity contribution in [2.24, 2.45) is 0 Å². The summed E-state index contributed by atoms with van der Waals surface area (Å²) >= 11 is 7.01. The molecule has 9 heteroatoms. The summed E-state index contributed by atoms with van der Waals surface area (Å²) in [7, 11) is 0. The molecule has 1 heterocycles. The van der Waals surface area contributed by atoms with Gasteiger partial charge in [-0.15, -0.1) is 0 Å². The number of nitro groups is 1. The predicted octanol–water partition coefficient (Wildman–Crippen LogP) is 2.59. The van der Waals surface area contributed by atoms with Crippen molar-refractivity contribution in [3.63, 3.8) is 0 Å². The number of halogens is 1. The van der Waals surface area contributed by atoms with Crippen LogP contribution in [0.2, 0.25) is 5.02 Å². The van der Waals surface area contributed by atoms with Crippen LogP contribution in [-0.4, -0.2) is 21.1 Å². The molecule has 0 spiro atoms. The first kappa shape index (κ1) is 15.0. The number of aromatic nitrogens is 2. The van der Waals surface area contributed by atoms with Crippen LogP contribution in [0.3, 0.4) is 0 Å². The van der Waals surface area contributed by atoms with Gasteiger partial charge in [0.2, 0.25) is 0 Å². The number of nitro benzene ring substituents is 1. The van der Waals surface area contributed by atoms with Gasteiger partial charge in [0, 0.05) is 11.1 Å². The van der Waals surface area contributed by atoms with Crippen molar-refractivity contribution >= 4 is 29.1 Å². The van der Waals surface area contributed by atoms with Crippen LogP contribution in [0.25, 0.3) is 11.3 Å². The largest absolute Gasteiger partial charge is 0.300 e. The lowest BCUT2D eigenvalue weighted by Gasteiger charge is -2.06. The second-order valence-corrected chi connectivity index (χ2v) is 5.06. The van der Waals surface area contributed by atoms with Gasteiger partial charge < -0.3 is 4.98 Å². The molecule has 21 heavy (non-hydrogen) atoms. The highest BCUT2D eigenvalue weighted by molar-refractivity contribution is 7.98. The van der Waals surface area contributed by atoms with E-state index in [0.29, 0.717) is 0 Å². The van der Waals surface area contributed by atoms with E-state index in [2.05, 4.69) is 9.97 Å². The average Bonchev–Trinajstić information content (AvgIpc) is 2.45. The first-order chi connectivity index (χ1) is 9.97. The van der Waals surface area contributed by atoms with Crippen molar-refractivity contribution in [1.82, 2.24) is 9.97 Å². The number of benzene rings is 1. The molecule has 2 aromatic rings. The van der Waals surface area contributed by atoms with Gasteiger partial charge in [-0.3, -0.25) is 14.9 Å². The number of thioether (sulfide) groups is 1. The number of nitriles is 1. The minimum absolute atomic E-state index is 0.0328. The first-order valence-corrected chi connectivity index (χ1v) is 7.11. The molecule has 0 amide bonds. The molecule has 0 atom stereocenters. The fourth-order valence-corrected chi connectivity index (χ4v) is 2.25. The van der Waals surface area contributed by atoms with E-state index in [1.807, 2.05) is 0 Å². The molecule has 0 aliphatic rings. The van der Waals surface area contributed by atoms with E-state index in [9.17, 15) is 14.9 Å². The van der Waals surface area contributed by atoms with Gasteiger partial charge in [-0.1, -0.05) is 23.4 Å². The second kappa shape index (κ2) is 5.95. The monoisotopic (exact) mass is 322 g/mol. The minimum atomic E-state index is -0.652. The third-order valence-electron chi connectivity index (χ3n) is 2.61. The average molecular weight is 323 g/mol. The topological polar surface area (TPSA) is 113 Å². The van der Waals surface area contributed by atoms with Crippen LogP contribution in [0.1, 0.15) is 5.56 Å². The van der Waals surface area contributed by atoms with E-state index in [-0.39, 0.29) is 32.7 Å². The fraction of sp³-hybridized carbons (Fsp3) is 0.0833. The van der Waals surface area contributed by atoms with Gasteiger partial charge in [0.05, 0.1) is 10.5 Å². The van der Waals surface area contributed by atoms with Crippen molar-refractivity contribution in [3.8, 4) is 17.3 Å². The Morgan fingerprint density at radius 2 is 2.24 bits per heavy atom. The van der Waals surface area contributed by atoms with Gasteiger partial charge in [0.25, 0.3) is 11.2 Å². The van der Waals surface area contributed by atoms with Gasteiger partial charge in [-0.25, -0.2) is 4.98 Å². The normalized spacial score (nSPS) is 10.1. The Morgan fingerprint density at radius 3 is 2.81 bits per heavy atom. The molecule has 1 aromatic carbocycles. The van der Waals surface area contributed by atoms with Crippen LogP contribution in [0, 0.1) is 21.4 Å². The van der Waals surface area contributed by atoms with Gasteiger partial charge in [-0.05, 0) is 18.4 Å². The Morgan fingerprint density at radius 1 is 1.52 bits per heavy atom. The van der Waals surface area contributed by atoms with Gasteiger partial charge in [0.15, 0.2) is 5.16 Å². The van der Waals surface area contributed by atoms with E-state index >= 15 is 0 Å². The number of H-pyrrole nitrogens is 1. The number of aromatic amines is 1. The van der Waals surface area contributed by atoms with E-state index in [1.54, 1.807) is 12.3 Å². The second-order valence-electron chi connectivity index (χ2n) is 3.83. The molecule has 0 aliphatic heterocycles. The lowest BCUT2D eigenvalue weighted by Crippen LogP contribution is -2.15. The SMILES string of the molecule is CSc1nc(-c2cc(Cl)ccc2[N+](=O)[O-])c(C#N)c(=O)[nH]1. The zero-order valence-electron chi connectivity index (χ0n) is 10.6. The molecule has 106 valence electrons. The molecule has 0 saturated carbocycles. The lowest BCUT2D eigenvalue weighted by atomic mass is 10.1. The summed E-state index contributed by atoms with van der Waals surface area (Å²) in [5, 5.41) is 20.7. The number of hydrogen-bond acceptors (Lipinski definition) is 6. The molecule has 1 aromatic heterocycles. The molecule has 2 rings (SSSR count). The quantitative estimate of drug-likeness (QED) is 0.402. The Hall–Kier alpha value is -2.37. The summed E-state index contributed by atoms with van der Waals surface area (Å²) in [4.78, 5) is 28.9. The highest BCUT2D eigenvalue weighted by Crippen LogP contribution is 2.32. The van der Waals surface area contributed by atoms with Gasteiger partial charge in [-0.2, -0.15) is 5.26 Å². The van der Waals surface area contributed by atoms with Crippen molar-refractivity contribution in [1.29, 1.82) is 5.26 Å². The Kier molecular flexibility index (Phi) is 4.26. The molecule has 1 N–H and O–H groups in total. The zero-order chi connectivity index (χ0) is 15.6. The molecule has 0 fully saturated rings. The maximum absolute atomic E-state index is 11.9. The number of hydrogen-bond donors (Lipinski definition) is 1. The van der Waals surface area contributed by atoms with Gasteiger partial charge >= 0.3 is 0 Å². The van der Waals surface area contributed by atoms with E-state index in [0.717, 1.165) is 11.8 Å². The molecule has 0 bridgehead atoms. The molecule has 0 radical (unpaired) electrons. The zero-order valence-corrected chi connectivity index (χ0v) is 12.2. The van der Waals surface area contributed by atoms with E-state index in [4.69, 9.17) is 16.9 Å². The van der Waals surface area contributed by atoms with E-state index in [1.165, 1.54) is 18.2 Å². The van der Waals surface area contributed by atoms with Crippen molar-refractivity contribution in [3.05, 3.63) is 49.3 Å². The lowest BCUT2D eigenvalue weighted by molar-refractivity contribution is -0.384. The molecular weight excluding hydrogens is 316 g/mol. The third kappa shape index (κ3) is 2.89. The van der Waals surface area contributed by atoms with Crippen LogP contribution >= 0.6 is 23.4 Å². The Balaban J connectivity index is 2.87. The molecule has 0 saturated heterocycles. The minimum Gasteiger partial charge on any atom is -0.300 e. The smallest absolute Gasteiger partial charge is 0.278 e. The molecular formula is C12H7ClN4O3S. The summed E-state index contributed by atoms with van der Waals surface area (Å²) in [5.74, 6) is 0. The predicted molar refractivity (Wildman–Crippen MR) is 78.5 cm³/mol. The number of nitrogens with one attached hydrogen (secondary N) is 1. The third-order valence-corrected chi connectivity index (χ3v) is 3.43. The Bertz CT molecular complexity index is 828. The summed E-state index contributed by atoms with van der Waals surface area (Å²) in [6.45, 7) is 0. The maximum Gasteiger partial charge on any atom is 0.278 e. The summed E-state index contributed by atoms with van der Waals surface area (Å²) in [5.41, 5.74) is -1.24. The molecule has 0 unspecified atom stereocenters. The summed E-state index contributed by atoms with van der Waals surface area (Å²) in [6.07, 6.45) is 1.68. The maximum atomic E-state index is 11.9. The molecule has 0 aliphatic carbocycles. The van der Waals surface area contributed by atoms with Crippen molar-refractivity contribution in [2.75, 3.05) is 6.26 Å². The van der Waals surface area contributed by atoms with Crippen LogP contribution in [0.4, 0.5) is 5.69 Å². The Labute approximate surface area is 127 Å². The standard InChI is InChI=1S/C12H7ClN4O3S/c1-21-12-15-10(8(5-14)11(18)16-12)7-4-6(13)2-3-9(7)17(19)20/h2-4H,1H3,(H,15,16,18). The van der Waals surface area contributed by atoms with Gasteiger partial charge in [0.1, 0.15) is 17.3 Å². The van der Waals surface area contributed by atoms with Crippen LogP contribution < -0.4 is 5.56 Å². The summed E-state index contributed by atoms with van der Waals surface area (Å²) < 4.78 is 0.